The van der Waals surface area contributed by atoms with Crippen molar-refractivity contribution in [3.63, 3.8) is 0 Å². The Balaban J connectivity index is 2.03. The molecule has 1 aromatic heterocycles. The van der Waals surface area contributed by atoms with Crippen LogP contribution in [0.15, 0.2) is 54.6 Å². The average Bonchev–Trinajstić information content (AvgIpc) is 2.95. The lowest BCUT2D eigenvalue weighted by Crippen LogP contribution is -2.11. The Kier molecular flexibility index (Phi) is 3.67. The lowest BCUT2D eigenvalue weighted by atomic mass is 10.1. The van der Waals surface area contributed by atoms with Crippen LogP contribution in [0.4, 0.5) is 4.39 Å². The summed E-state index contributed by atoms with van der Waals surface area (Å²) in [6, 6.07) is 20.4. The van der Waals surface area contributed by atoms with Gasteiger partial charge in [0, 0.05) is 28.9 Å². The molecule has 0 bridgehead atoms. The van der Waals surface area contributed by atoms with Crippen LogP contribution in [0, 0.1) is 23.2 Å². The summed E-state index contributed by atoms with van der Waals surface area (Å²) in [5.74, 6) is -1.07. The van der Waals surface area contributed by atoms with Crippen molar-refractivity contribution in [2.24, 2.45) is 5.73 Å². The summed E-state index contributed by atoms with van der Waals surface area (Å²) in [7, 11) is 0. The molecule has 125 valence electrons. The second-order valence-corrected chi connectivity index (χ2v) is 6.03. The standard InChI is InChI=1S/C21H13FN3O/c22-15-7-8-18-17(10-15)20-16(21(24)26)5-2-6-19(20)25(18)12-14-4-1-3-13(9-14)11-23/h1-9H,12H2,(H2,24,26). The predicted molar refractivity (Wildman–Crippen MR) is 97.0 cm³/mol. The topological polar surface area (TPSA) is 71.8 Å². The number of carbonyl (C=O) groups excluding carboxylic acids is 1. The van der Waals surface area contributed by atoms with E-state index in [9.17, 15) is 9.18 Å². The maximum atomic E-state index is 13.8. The highest BCUT2D eigenvalue weighted by atomic mass is 19.1. The number of amides is 1. The van der Waals surface area contributed by atoms with Gasteiger partial charge in [0.05, 0.1) is 22.7 Å². The quantitative estimate of drug-likeness (QED) is 0.616. The van der Waals surface area contributed by atoms with E-state index >= 15 is 0 Å². The van der Waals surface area contributed by atoms with Gasteiger partial charge in [-0.05, 0) is 42.0 Å². The molecule has 1 radical (unpaired) electrons. The minimum atomic E-state index is -0.571. The van der Waals surface area contributed by atoms with Gasteiger partial charge < -0.3 is 10.3 Å². The number of nitriles is 1. The SMILES string of the molecule is N#Cc1cccc(Cn2c3ccc(F)[c]c3c3c(C(N)=O)cccc32)c1. The Labute approximate surface area is 148 Å². The molecular weight excluding hydrogens is 329 g/mol. The van der Waals surface area contributed by atoms with Crippen LogP contribution in [0.5, 0.6) is 0 Å². The zero-order chi connectivity index (χ0) is 18.3. The normalized spacial score (nSPS) is 10.9. The minimum Gasteiger partial charge on any atom is -0.366 e. The molecule has 4 aromatic rings. The first-order valence-corrected chi connectivity index (χ1v) is 8.00. The molecule has 26 heavy (non-hydrogen) atoms. The van der Waals surface area contributed by atoms with Gasteiger partial charge in [0.2, 0.25) is 5.91 Å². The molecule has 0 unspecified atom stereocenters. The number of hydrogen-bond acceptors (Lipinski definition) is 2. The van der Waals surface area contributed by atoms with Crippen molar-refractivity contribution in [3.8, 4) is 6.07 Å². The first kappa shape index (κ1) is 15.9. The van der Waals surface area contributed by atoms with Gasteiger partial charge in [-0.2, -0.15) is 5.26 Å². The summed E-state index contributed by atoms with van der Waals surface area (Å²) < 4.78 is 15.8. The fraction of sp³-hybridized carbons (Fsp3) is 0.0476. The molecule has 5 heteroatoms. The van der Waals surface area contributed by atoms with Crippen molar-refractivity contribution >= 4 is 27.7 Å². The summed E-state index contributed by atoms with van der Waals surface area (Å²) >= 11 is 0. The number of primary amides is 1. The Hall–Kier alpha value is -3.65. The third-order valence-corrected chi connectivity index (χ3v) is 4.42. The molecule has 4 rings (SSSR count). The largest absolute Gasteiger partial charge is 0.366 e. The highest BCUT2D eigenvalue weighted by molar-refractivity contribution is 6.17. The molecule has 0 saturated carbocycles. The van der Waals surface area contributed by atoms with Gasteiger partial charge in [0.25, 0.3) is 0 Å². The minimum absolute atomic E-state index is 0.332. The van der Waals surface area contributed by atoms with Gasteiger partial charge >= 0.3 is 0 Å². The van der Waals surface area contributed by atoms with E-state index in [4.69, 9.17) is 11.0 Å². The fourth-order valence-corrected chi connectivity index (χ4v) is 3.33. The van der Waals surface area contributed by atoms with E-state index in [0.717, 1.165) is 16.6 Å². The molecule has 0 fully saturated rings. The summed E-state index contributed by atoms with van der Waals surface area (Å²) in [6.07, 6.45) is 0. The van der Waals surface area contributed by atoms with Crippen molar-refractivity contribution in [3.05, 3.63) is 83.2 Å². The maximum absolute atomic E-state index is 13.8. The lowest BCUT2D eigenvalue weighted by Gasteiger charge is -2.08. The second-order valence-electron chi connectivity index (χ2n) is 6.03. The van der Waals surface area contributed by atoms with Crippen LogP contribution in [0.25, 0.3) is 21.8 Å². The van der Waals surface area contributed by atoms with Crippen LogP contribution in [0.1, 0.15) is 21.5 Å². The molecule has 0 aliphatic heterocycles. The Morgan fingerprint density at radius 3 is 2.73 bits per heavy atom. The van der Waals surface area contributed by atoms with E-state index in [1.54, 1.807) is 24.3 Å². The van der Waals surface area contributed by atoms with E-state index < -0.39 is 11.7 Å². The van der Waals surface area contributed by atoms with Gasteiger partial charge in [0.1, 0.15) is 5.82 Å². The maximum Gasteiger partial charge on any atom is 0.249 e. The molecule has 1 amide bonds. The van der Waals surface area contributed by atoms with Crippen LogP contribution >= 0.6 is 0 Å². The molecule has 4 nitrogen and oxygen atoms in total. The Bertz CT molecular complexity index is 1220. The number of benzene rings is 3. The van der Waals surface area contributed by atoms with Crippen molar-refractivity contribution in [1.29, 1.82) is 5.26 Å². The van der Waals surface area contributed by atoms with E-state index in [0.29, 0.717) is 28.4 Å². The fourth-order valence-electron chi connectivity index (χ4n) is 3.33. The Morgan fingerprint density at radius 2 is 1.96 bits per heavy atom. The molecule has 2 N–H and O–H groups in total. The van der Waals surface area contributed by atoms with E-state index in [1.165, 1.54) is 6.07 Å². The zero-order valence-electron chi connectivity index (χ0n) is 13.7. The third-order valence-electron chi connectivity index (χ3n) is 4.42. The van der Waals surface area contributed by atoms with Crippen LogP contribution in [-0.4, -0.2) is 10.5 Å². The van der Waals surface area contributed by atoms with Crippen molar-refractivity contribution in [2.75, 3.05) is 0 Å². The van der Waals surface area contributed by atoms with E-state index in [2.05, 4.69) is 12.1 Å². The Morgan fingerprint density at radius 1 is 1.15 bits per heavy atom. The van der Waals surface area contributed by atoms with Gasteiger partial charge in [-0.15, -0.1) is 0 Å². The highest BCUT2D eigenvalue weighted by Gasteiger charge is 2.17. The highest BCUT2D eigenvalue weighted by Crippen LogP contribution is 2.32. The lowest BCUT2D eigenvalue weighted by molar-refractivity contribution is 0.100. The number of aromatic nitrogens is 1. The van der Waals surface area contributed by atoms with Crippen molar-refractivity contribution in [2.45, 2.75) is 6.54 Å². The monoisotopic (exact) mass is 342 g/mol. The number of carbonyl (C=O) groups is 1. The van der Waals surface area contributed by atoms with E-state index in [-0.39, 0.29) is 0 Å². The molecule has 0 saturated heterocycles. The van der Waals surface area contributed by atoms with Gasteiger partial charge in [-0.1, -0.05) is 18.2 Å². The van der Waals surface area contributed by atoms with E-state index in [1.807, 2.05) is 28.8 Å². The van der Waals surface area contributed by atoms with Crippen LogP contribution in [-0.2, 0) is 6.54 Å². The summed E-state index contributed by atoms with van der Waals surface area (Å²) in [5.41, 5.74) is 8.86. The molecule has 1 heterocycles. The number of fused-ring (bicyclic) bond motifs is 3. The molecule has 0 aliphatic carbocycles. The summed E-state index contributed by atoms with van der Waals surface area (Å²) in [4.78, 5) is 11.9. The molecular formula is C21H13FN3O. The number of halogens is 1. The second kappa shape index (κ2) is 6.01. The molecule has 0 spiro atoms. The molecule has 0 atom stereocenters. The van der Waals surface area contributed by atoms with Crippen LogP contribution in [0.3, 0.4) is 0 Å². The average molecular weight is 342 g/mol. The number of nitrogens with two attached hydrogens (primary N) is 1. The first-order valence-electron chi connectivity index (χ1n) is 8.00. The molecule has 3 aromatic carbocycles. The van der Waals surface area contributed by atoms with Crippen LogP contribution in [0.2, 0.25) is 0 Å². The predicted octanol–water partition coefficient (Wildman–Crippen LogP) is 3.75. The first-order chi connectivity index (χ1) is 12.6. The summed E-state index contributed by atoms with van der Waals surface area (Å²) in [5, 5.41) is 10.2. The smallest absolute Gasteiger partial charge is 0.249 e. The number of nitrogens with zero attached hydrogens (tertiary/aromatic N) is 2. The van der Waals surface area contributed by atoms with Crippen LogP contribution < -0.4 is 5.73 Å². The van der Waals surface area contributed by atoms with Gasteiger partial charge in [0.15, 0.2) is 0 Å². The number of hydrogen-bond donors (Lipinski definition) is 1. The van der Waals surface area contributed by atoms with Gasteiger partial charge in [-0.3, -0.25) is 4.79 Å². The summed E-state index contributed by atoms with van der Waals surface area (Å²) in [6.45, 7) is 0.469. The third kappa shape index (κ3) is 2.49. The van der Waals surface area contributed by atoms with Crippen molar-refractivity contribution < 1.29 is 9.18 Å². The van der Waals surface area contributed by atoms with Gasteiger partial charge in [-0.25, -0.2) is 4.39 Å². The molecule has 0 aliphatic rings. The van der Waals surface area contributed by atoms with Crippen molar-refractivity contribution in [1.82, 2.24) is 4.57 Å². The number of rotatable bonds is 3. The zero-order valence-corrected chi connectivity index (χ0v) is 13.7.